The van der Waals surface area contributed by atoms with Crippen LogP contribution in [0.2, 0.25) is 10.0 Å². The lowest BCUT2D eigenvalue weighted by molar-refractivity contribution is 0.102. The molecule has 6 heteroatoms. The molecule has 0 bridgehead atoms. The molecule has 0 unspecified atom stereocenters. The highest BCUT2D eigenvalue weighted by Crippen LogP contribution is 2.30. The van der Waals surface area contributed by atoms with E-state index in [0.29, 0.717) is 27.0 Å². The van der Waals surface area contributed by atoms with Gasteiger partial charge >= 0.3 is 0 Å². The number of anilines is 2. The number of rotatable bonds is 2. The number of halogens is 3. The highest BCUT2D eigenvalue weighted by atomic mass is 79.9. The summed E-state index contributed by atoms with van der Waals surface area (Å²) < 4.78 is 0.744. The van der Waals surface area contributed by atoms with Crippen LogP contribution in [0.1, 0.15) is 15.9 Å². The van der Waals surface area contributed by atoms with Gasteiger partial charge in [0.15, 0.2) is 0 Å². The van der Waals surface area contributed by atoms with E-state index >= 15 is 0 Å². The molecule has 0 spiro atoms. The molecule has 3 N–H and O–H groups in total. The maximum absolute atomic E-state index is 12.2. The van der Waals surface area contributed by atoms with Gasteiger partial charge in [0, 0.05) is 20.2 Å². The maximum Gasteiger partial charge on any atom is 0.257 e. The summed E-state index contributed by atoms with van der Waals surface area (Å²) >= 11 is 15.3. The minimum absolute atomic E-state index is 0.320. The molecule has 2 aromatic carbocycles. The number of hydrogen-bond donors (Lipinski definition) is 2. The van der Waals surface area contributed by atoms with Crippen LogP contribution in [0.15, 0.2) is 34.8 Å². The zero-order chi connectivity index (χ0) is 14.9. The quantitative estimate of drug-likeness (QED) is 0.735. The van der Waals surface area contributed by atoms with Crippen molar-refractivity contribution in [3.63, 3.8) is 0 Å². The summed E-state index contributed by atoms with van der Waals surface area (Å²) in [4.78, 5) is 12.2. The number of carbonyl (C=O) groups is 1. The van der Waals surface area contributed by atoms with Crippen molar-refractivity contribution in [2.24, 2.45) is 0 Å². The smallest absolute Gasteiger partial charge is 0.257 e. The lowest BCUT2D eigenvalue weighted by atomic mass is 10.1. The monoisotopic (exact) mass is 372 g/mol. The van der Waals surface area contributed by atoms with E-state index in [2.05, 4.69) is 21.2 Å². The van der Waals surface area contributed by atoms with Gasteiger partial charge in [0.2, 0.25) is 0 Å². The molecule has 0 aliphatic rings. The van der Waals surface area contributed by atoms with E-state index in [-0.39, 0.29) is 5.91 Å². The van der Waals surface area contributed by atoms with E-state index in [4.69, 9.17) is 28.9 Å². The zero-order valence-corrected chi connectivity index (χ0v) is 13.6. The van der Waals surface area contributed by atoms with E-state index < -0.39 is 0 Å². The first kappa shape index (κ1) is 15.2. The second-order valence-electron chi connectivity index (χ2n) is 4.27. The minimum Gasteiger partial charge on any atom is -0.398 e. The van der Waals surface area contributed by atoms with Crippen LogP contribution in [-0.4, -0.2) is 5.91 Å². The molecule has 0 radical (unpaired) electrons. The molecular weight excluding hydrogens is 363 g/mol. The number of aryl methyl sites for hydroxylation is 1. The van der Waals surface area contributed by atoms with Gasteiger partial charge in [0.1, 0.15) is 0 Å². The molecule has 0 heterocycles. The van der Waals surface area contributed by atoms with Crippen LogP contribution in [0.4, 0.5) is 11.4 Å². The molecule has 0 fully saturated rings. The highest BCUT2D eigenvalue weighted by molar-refractivity contribution is 9.10. The first-order chi connectivity index (χ1) is 9.38. The van der Waals surface area contributed by atoms with Crippen molar-refractivity contribution in [1.82, 2.24) is 0 Å². The predicted octanol–water partition coefficient (Wildman–Crippen LogP) is 4.90. The van der Waals surface area contributed by atoms with E-state index in [1.54, 1.807) is 18.2 Å². The van der Waals surface area contributed by atoms with Gasteiger partial charge in [0.25, 0.3) is 5.91 Å². The molecule has 0 atom stereocenters. The summed E-state index contributed by atoms with van der Waals surface area (Å²) in [5, 5.41) is 3.77. The third-order valence-corrected chi connectivity index (χ3v) is 4.05. The van der Waals surface area contributed by atoms with Crippen molar-refractivity contribution in [3.8, 4) is 0 Å². The summed E-state index contributed by atoms with van der Waals surface area (Å²) in [7, 11) is 0. The van der Waals surface area contributed by atoms with Crippen molar-refractivity contribution in [2.45, 2.75) is 6.92 Å². The summed E-state index contributed by atoms with van der Waals surface area (Å²) in [6, 6.07) is 8.26. The van der Waals surface area contributed by atoms with Gasteiger partial charge in [-0.2, -0.15) is 0 Å². The first-order valence-corrected chi connectivity index (χ1v) is 7.25. The molecule has 3 nitrogen and oxygen atoms in total. The fraction of sp³-hybridized carbons (Fsp3) is 0.0714. The summed E-state index contributed by atoms with van der Waals surface area (Å²) in [6.07, 6.45) is 0. The third kappa shape index (κ3) is 3.26. The van der Waals surface area contributed by atoms with Crippen LogP contribution in [0.3, 0.4) is 0 Å². The molecule has 0 aromatic heterocycles. The standard InChI is InChI=1S/C14H11BrCl2N2O/c1-7-4-10(15)13(6-11(7)17)19-14(20)9-5-8(16)2-3-12(9)18/h2-6H,18H2,1H3,(H,19,20). The Kier molecular flexibility index (Phi) is 4.58. The Bertz CT molecular complexity index is 689. The van der Waals surface area contributed by atoms with Gasteiger partial charge in [-0.15, -0.1) is 0 Å². The number of benzene rings is 2. The fourth-order valence-electron chi connectivity index (χ4n) is 1.66. The van der Waals surface area contributed by atoms with E-state index in [1.807, 2.05) is 13.0 Å². The third-order valence-electron chi connectivity index (χ3n) is 2.76. The molecule has 1 amide bonds. The Balaban J connectivity index is 2.32. The van der Waals surface area contributed by atoms with Crippen LogP contribution in [0.5, 0.6) is 0 Å². The van der Waals surface area contributed by atoms with Crippen LogP contribution in [-0.2, 0) is 0 Å². The molecule has 20 heavy (non-hydrogen) atoms. The van der Waals surface area contributed by atoms with Gasteiger partial charge in [-0.05, 0) is 58.7 Å². The van der Waals surface area contributed by atoms with E-state index in [1.165, 1.54) is 6.07 Å². The molecule has 2 aromatic rings. The predicted molar refractivity (Wildman–Crippen MR) is 87.7 cm³/mol. The van der Waals surface area contributed by atoms with Gasteiger partial charge in [-0.3, -0.25) is 4.79 Å². The lowest BCUT2D eigenvalue weighted by Crippen LogP contribution is -2.14. The van der Waals surface area contributed by atoms with Gasteiger partial charge in [-0.1, -0.05) is 23.2 Å². The summed E-state index contributed by atoms with van der Waals surface area (Å²) in [5.74, 6) is -0.342. The highest BCUT2D eigenvalue weighted by Gasteiger charge is 2.13. The fourth-order valence-corrected chi connectivity index (χ4v) is 2.55. The number of nitrogens with one attached hydrogen (secondary N) is 1. The topological polar surface area (TPSA) is 55.1 Å². The van der Waals surface area contributed by atoms with Gasteiger partial charge < -0.3 is 11.1 Å². The van der Waals surface area contributed by atoms with Gasteiger partial charge in [0.05, 0.1) is 11.3 Å². The molecule has 0 aliphatic heterocycles. The normalized spacial score (nSPS) is 10.4. The number of hydrogen-bond acceptors (Lipinski definition) is 2. The molecule has 2 rings (SSSR count). The summed E-state index contributed by atoms with van der Waals surface area (Å²) in [5.41, 5.74) is 7.95. The Labute approximate surface area is 135 Å². The van der Waals surface area contributed by atoms with E-state index in [0.717, 1.165) is 10.0 Å². The van der Waals surface area contributed by atoms with Crippen molar-refractivity contribution < 1.29 is 4.79 Å². The minimum atomic E-state index is -0.342. The van der Waals surface area contributed by atoms with Crippen molar-refractivity contribution >= 4 is 56.4 Å². The van der Waals surface area contributed by atoms with Crippen LogP contribution in [0.25, 0.3) is 0 Å². The number of amides is 1. The number of nitrogens with two attached hydrogens (primary N) is 1. The Morgan fingerprint density at radius 3 is 2.65 bits per heavy atom. The number of carbonyl (C=O) groups excluding carboxylic acids is 1. The molecule has 0 aliphatic carbocycles. The lowest BCUT2D eigenvalue weighted by Gasteiger charge is -2.11. The van der Waals surface area contributed by atoms with E-state index in [9.17, 15) is 4.79 Å². The molecular formula is C14H11BrCl2N2O. The average molecular weight is 374 g/mol. The largest absolute Gasteiger partial charge is 0.398 e. The van der Waals surface area contributed by atoms with Gasteiger partial charge in [-0.25, -0.2) is 0 Å². The van der Waals surface area contributed by atoms with Crippen molar-refractivity contribution in [2.75, 3.05) is 11.1 Å². The Morgan fingerprint density at radius 2 is 1.95 bits per heavy atom. The second kappa shape index (κ2) is 6.04. The van der Waals surface area contributed by atoms with Crippen LogP contribution >= 0.6 is 39.1 Å². The summed E-state index contributed by atoms with van der Waals surface area (Å²) in [6.45, 7) is 1.88. The maximum atomic E-state index is 12.2. The molecule has 104 valence electrons. The molecule has 0 saturated heterocycles. The zero-order valence-electron chi connectivity index (χ0n) is 10.5. The van der Waals surface area contributed by atoms with Crippen molar-refractivity contribution in [1.29, 1.82) is 0 Å². The van der Waals surface area contributed by atoms with Crippen LogP contribution < -0.4 is 11.1 Å². The Hall–Kier alpha value is -1.23. The molecule has 0 saturated carbocycles. The van der Waals surface area contributed by atoms with Crippen molar-refractivity contribution in [3.05, 3.63) is 56.0 Å². The average Bonchev–Trinajstić information content (AvgIpc) is 2.38. The SMILES string of the molecule is Cc1cc(Br)c(NC(=O)c2cc(Cl)ccc2N)cc1Cl. The Morgan fingerprint density at radius 1 is 1.25 bits per heavy atom. The first-order valence-electron chi connectivity index (χ1n) is 5.70. The second-order valence-corrected chi connectivity index (χ2v) is 5.96. The van der Waals surface area contributed by atoms with Crippen LogP contribution in [0, 0.1) is 6.92 Å². The number of nitrogen functional groups attached to an aromatic ring is 1.